The van der Waals surface area contributed by atoms with E-state index in [0.29, 0.717) is 18.9 Å². The summed E-state index contributed by atoms with van der Waals surface area (Å²) in [6.45, 7) is 8.38. The highest BCUT2D eigenvalue weighted by Crippen LogP contribution is 2.00. The molecule has 0 aliphatic carbocycles. The Hall–Kier alpha value is -1.71. The standard InChI is InChI=1S/C11H18N2O2/c1-4-9(2)5-6-10(3)15-8-7-13-11(12)14/h4-6H,3,7-8H2,1-2H3,(H3,12,13,14)/b6-5-,9-4-. The minimum absolute atomic E-state index is 0.362. The molecule has 0 radical (unpaired) electrons. The highest BCUT2D eigenvalue weighted by Gasteiger charge is 1.92. The summed E-state index contributed by atoms with van der Waals surface area (Å²) in [5, 5.41) is 2.41. The van der Waals surface area contributed by atoms with Gasteiger partial charge in [-0.3, -0.25) is 0 Å². The lowest BCUT2D eigenvalue weighted by atomic mass is 10.2. The Balaban J connectivity index is 3.67. The Morgan fingerprint density at radius 2 is 2.20 bits per heavy atom. The SMILES string of the molecule is C=C(/C=C\C(C)=C/C)OCCNC(N)=O. The van der Waals surface area contributed by atoms with Gasteiger partial charge in [-0.2, -0.15) is 0 Å². The number of nitrogens with one attached hydrogen (secondary N) is 1. The monoisotopic (exact) mass is 210 g/mol. The molecule has 4 nitrogen and oxygen atoms in total. The van der Waals surface area contributed by atoms with Gasteiger partial charge in [-0.1, -0.05) is 24.3 Å². The molecule has 4 heteroatoms. The van der Waals surface area contributed by atoms with Gasteiger partial charge < -0.3 is 15.8 Å². The van der Waals surface area contributed by atoms with Crippen LogP contribution in [-0.4, -0.2) is 19.2 Å². The first kappa shape index (κ1) is 13.3. The summed E-state index contributed by atoms with van der Waals surface area (Å²) in [5.41, 5.74) is 6.01. The summed E-state index contributed by atoms with van der Waals surface area (Å²) in [6.07, 6.45) is 5.67. The zero-order chi connectivity index (χ0) is 11.7. The third-order valence-corrected chi connectivity index (χ3v) is 1.68. The van der Waals surface area contributed by atoms with Crippen LogP contribution in [0.25, 0.3) is 0 Å². The number of amides is 2. The molecule has 0 rings (SSSR count). The van der Waals surface area contributed by atoms with Crippen LogP contribution in [0.3, 0.4) is 0 Å². The second kappa shape index (κ2) is 7.67. The number of hydrogen-bond donors (Lipinski definition) is 2. The molecule has 0 unspecified atom stereocenters. The van der Waals surface area contributed by atoms with Crippen molar-refractivity contribution in [2.24, 2.45) is 5.73 Å². The van der Waals surface area contributed by atoms with E-state index in [1.54, 1.807) is 6.08 Å². The maximum atomic E-state index is 10.3. The van der Waals surface area contributed by atoms with Crippen LogP contribution < -0.4 is 11.1 Å². The molecule has 3 N–H and O–H groups in total. The van der Waals surface area contributed by atoms with Gasteiger partial charge in [0.05, 0.1) is 6.54 Å². The smallest absolute Gasteiger partial charge is 0.312 e. The van der Waals surface area contributed by atoms with Crippen molar-refractivity contribution >= 4 is 6.03 Å². The van der Waals surface area contributed by atoms with E-state index in [9.17, 15) is 4.79 Å². The van der Waals surface area contributed by atoms with Crippen LogP contribution in [0.2, 0.25) is 0 Å². The molecule has 84 valence electrons. The highest BCUT2D eigenvalue weighted by molar-refractivity contribution is 5.71. The number of hydrogen-bond acceptors (Lipinski definition) is 2. The van der Waals surface area contributed by atoms with Crippen molar-refractivity contribution in [3.8, 4) is 0 Å². The molecule has 0 fully saturated rings. The quantitative estimate of drug-likeness (QED) is 0.398. The average molecular weight is 210 g/mol. The Morgan fingerprint density at radius 3 is 2.73 bits per heavy atom. The molecule has 15 heavy (non-hydrogen) atoms. The lowest BCUT2D eigenvalue weighted by Gasteiger charge is -2.05. The van der Waals surface area contributed by atoms with E-state index in [1.807, 2.05) is 26.0 Å². The third kappa shape index (κ3) is 8.62. The Labute approximate surface area is 90.5 Å². The van der Waals surface area contributed by atoms with Gasteiger partial charge in [0.2, 0.25) is 0 Å². The van der Waals surface area contributed by atoms with E-state index in [4.69, 9.17) is 10.5 Å². The zero-order valence-corrected chi connectivity index (χ0v) is 9.25. The van der Waals surface area contributed by atoms with Crippen molar-refractivity contribution in [2.45, 2.75) is 13.8 Å². The highest BCUT2D eigenvalue weighted by atomic mass is 16.5. The maximum Gasteiger partial charge on any atom is 0.312 e. The summed E-state index contributed by atoms with van der Waals surface area (Å²) >= 11 is 0. The van der Waals surface area contributed by atoms with Crippen LogP contribution in [0.15, 0.2) is 36.1 Å². The molecule has 0 aliphatic rings. The fourth-order valence-corrected chi connectivity index (χ4v) is 0.725. The summed E-state index contributed by atoms with van der Waals surface area (Å²) in [6, 6.07) is -0.551. The van der Waals surface area contributed by atoms with Crippen LogP contribution >= 0.6 is 0 Å². The van der Waals surface area contributed by atoms with E-state index in [-0.39, 0.29) is 0 Å². The van der Waals surface area contributed by atoms with Gasteiger partial charge in [0.25, 0.3) is 0 Å². The van der Waals surface area contributed by atoms with Gasteiger partial charge in [-0.25, -0.2) is 4.79 Å². The van der Waals surface area contributed by atoms with Crippen molar-refractivity contribution in [3.05, 3.63) is 36.1 Å². The maximum absolute atomic E-state index is 10.3. The zero-order valence-electron chi connectivity index (χ0n) is 9.25. The number of nitrogens with two attached hydrogens (primary N) is 1. The number of allylic oxidation sites excluding steroid dienone is 4. The molecule has 2 amide bonds. The molecule has 0 aromatic carbocycles. The van der Waals surface area contributed by atoms with Crippen LogP contribution in [0.5, 0.6) is 0 Å². The molecule has 0 aromatic rings. The first-order valence-electron chi connectivity index (χ1n) is 4.72. The first-order chi connectivity index (χ1) is 7.06. The molecule has 0 aromatic heterocycles. The Morgan fingerprint density at radius 1 is 1.53 bits per heavy atom. The van der Waals surface area contributed by atoms with E-state index < -0.39 is 6.03 Å². The number of rotatable bonds is 6. The molecule has 0 heterocycles. The fourth-order valence-electron chi connectivity index (χ4n) is 0.725. The summed E-state index contributed by atoms with van der Waals surface area (Å²) in [5.74, 6) is 0.558. The third-order valence-electron chi connectivity index (χ3n) is 1.68. The van der Waals surface area contributed by atoms with Crippen LogP contribution in [-0.2, 0) is 4.74 Å². The van der Waals surface area contributed by atoms with Gasteiger partial charge in [-0.05, 0) is 19.9 Å². The van der Waals surface area contributed by atoms with Gasteiger partial charge >= 0.3 is 6.03 Å². The van der Waals surface area contributed by atoms with Gasteiger partial charge in [0.15, 0.2) is 0 Å². The van der Waals surface area contributed by atoms with Crippen LogP contribution in [0.4, 0.5) is 4.79 Å². The molecule has 0 saturated carbocycles. The Bertz CT molecular complexity index is 280. The molecule has 0 saturated heterocycles. The number of urea groups is 1. The van der Waals surface area contributed by atoms with Crippen molar-refractivity contribution < 1.29 is 9.53 Å². The van der Waals surface area contributed by atoms with Gasteiger partial charge in [0.1, 0.15) is 12.4 Å². The molecular formula is C11H18N2O2. The summed E-state index contributed by atoms with van der Waals surface area (Å²) in [4.78, 5) is 10.3. The molecule has 0 aliphatic heterocycles. The van der Waals surface area contributed by atoms with Crippen molar-refractivity contribution in [2.75, 3.05) is 13.2 Å². The average Bonchev–Trinajstić information content (AvgIpc) is 2.20. The molecule has 0 atom stereocenters. The molecule has 0 bridgehead atoms. The number of carbonyl (C=O) groups is 1. The van der Waals surface area contributed by atoms with E-state index in [0.717, 1.165) is 5.57 Å². The lowest BCUT2D eigenvalue weighted by Crippen LogP contribution is -2.31. The number of primary amides is 1. The van der Waals surface area contributed by atoms with Gasteiger partial charge in [-0.15, -0.1) is 0 Å². The minimum atomic E-state index is -0.551. The topological polar surface area (TPSA) is 64.3 Å². The van der Waals surface area contributed by atoms with Crippen LogP contribution in [0.1, 0.15) is 13.8 Å². The lowest BCUT2D eigenvalue weighted by molar-refractivity contribution is 0.219. The van der Waals surface area contributed by atoms with E-state index in [1.165, 1.54) is 0 Å². The predicted octanol–water partition coefficient (Wildman–Crippen LogP) is 1.71. The number of carbonyl (C=O) groups excluding carboxylic acids is 1. The minimum Gasteiger partial charge on any atom is -0.492 e. The second-order valence-corrected chi connectivity index (χ2v) is 2.97. The van der Waals surface area contributed by atoms with E-state index in [2.05, 4.69) is 11.9 Å². The first-order valence-corrected chi connectivity index (χ1v) is 4.72. The van der Waals surface area contributed by atoms with E-state index >= 15 is 0 Å². The number of ether oxygens (including phenoxy) is 1. The van der Waals surface area contributed by atoms with Crippen LogP contribution in [0, 0.1) is 0 Å². The summed E-state index contributed by atoms with van der Waals surface area (Å²) in [7, 11) is 0. The molecular weight excluding hydrogens is 192 g/mol. The predicted molar refractivity (Wildman–Crippen MR) is 61.2 cm³/mol. The summed E-state index contributed by atoms with van der Waals surface area (Å²) < 4.78 is 5.21. The molecule has 0 spiro atoms. The van der Waals surface area contributed by atoms with Crippen molar-refractivity contribution in [1.82, 2.24) is 5.32 Å². The fraction of sp³-hybridized carbons (Fsp3) is 0.364. The largest absolute Gasteiger partial charge is 0.492 e. The van der Waals surface area contributed by atoms with Crippen molar-refractivity contribution in [1.29, 1.82) is 0 Å². The van der Waals surface area contributed by atoms with Crippen molar-refractivity contribution in [3.63, 3.8) is 0 Å². The second-order valence-electron chi connectivity index (χ2n) is 2.97. The van der Waals surface area contributed by atoms with Gasteiger partial charge in [0, 0.05) is 0 Å². The Kier molecular flexibility index (Phi) is 6.80. The normalized spacial score (nSPS) is 11.5.